The van der Waals surface area contributed by atoms with Gasteiger partial charge in [0.05, 0.1) is 29.2 Å². The number of H-pyrrole nitrogens is 1. The van der Waals surface area contributed by atoms with E-state index >= 15 is 0 Å². The van der Waals surface area contributed by atoms with Crippen molar-refractivity contribution in [3.8, 4) is 11.1 Å². The molecular weight excluding hydrogens is 425 g/mol. The Bertz CT molecular complexity index is 1410. The van der Waals surface area contributed by atoms with Gasteiger partial charge in [-0.1, -0.05) is 12.1 Å². The van der Waals surface area contributed by atoms with Crippen LogP contribution in [-0.2, 0) is 11.3 Å². The number of fused-ring (bicyclic) bond motifs is 3. The van der Waals surface area contributed by atoms with E-state index in [9.17, 15) is 22.8 Å². The molecule has 1 amide bonds. The minimum Gasteiger partial charge on any atom is -0.353 e. The van der Waals surface area contributed by atoms with Crippen molar-refractivity contribution in [2.75, 3.05) is 24.5 Å². The van der Waals surface area contributed by atoms with Crippen molar-refractivity contribution in [1.29, 1.82) is 0 Å². The highest BCUT2D eigenvalue weighted by molar-refractivity contribution is 6.04. The molecule has 11 heteroatoms. The van der Waals surface area contributed by atoms with E-state index in [0.29, 0.717) is 40.9 Å². The second-order valence-electron chi connectivity index (χ2n) is 7.54. The van der Waals surface area contributed by atoms with Crippen molar-refractivity contribution in [2.45, 2.75) is 12.7 Å². The summed E-state index contributed by atoms with van der Waals surface area (Å²) < 4.78 is 40.6. The maximum Gasteiger partial charge on any atom is 0.406 e. The van der Waals surface area contributed by atoms with Gasteiger partial charge in [0.2, 0.25) is 5.91 Å². The predicted molar refractivity (Wildman–Crippen MR) is 112 cm³/mol. The molecule has 0 radical (unpaired) electrons. The molecule has 3 aromatic heterocycles. The van der Waals surface area contributed by atoms with Gasteiger partial charge in [0.1, 0.15) is 12.4 Å². The molecule has 1 aliphatic heterocycles. The molecule has 5 rings (SSSR count). The van der Waals surface area contributed by atoms with Crippen molar-refractivity contribution < 1.29 is 18.0 Å². The first-order chi connectivity index (χ1) is 15.3. The number of pyridine rings is 2. The molecule has 1 fully saturated rings. The largest absolute Gasteiger partial charge is 0.406 e. The van der Waals surface area contributed by atoms with E-state index in [2.05, 4.69) is 20.5 Å². The van der Waals surface area contributed by atoms with Crippen molar-refractivity contribution in [3.63, 3.8) is 0 Å². The van der Waals surface area contributed by atoms with Crippen molar-refractivity contribution in [3.05, 3.63) is 53.1 Å². The van der Waals surface area contributed by atoms with Crippen LogP contribution in [0.4, 0.5) is 19.0 Å². The predicted octanol–water partition coefficient (Wildman–Crippen LogP) is 2.44. The monoisotopic (exact) mass is 442 g/mol. The van der Waals surface area contributed by atoms with Crippen LogP contribution in [-0.4, -0.2) is 51.5 Å². The SMILES string of the molecule is O=C1CN(c2ncccc2-c2ccc3c4[nH]ncc4c(=O)n(CC(F)(F)F)c3c2)CCN1. The molecule has 0 atom stereocenters. The standard InChI is InChI=1S/C21H17F3N6O2/c22-21(23,24)11-30-16-8-12(3-4-14(16)18-15(20(30)32)9-27-28-18)13-2-1-5-26-19(13)29-7-6-25-17(31)10-29/h1-5,8-9H,6-7,10-11H2,(H,25,31)(H,27,28). The van der Waals surface area contributed by atoms with Gasteiger partial charge in [0, 0.05) is 30.2 Å². The number of anilines is 1. The van der Waals surface area contributed by atoms with Gasteiger partial charge in [-0.15, -0.1) is 0 Å². The summed E-state index contributed by atoms with van der Waals surface area (Å²) in [6, 6.07) is 8.48. The van der Waals surface area contributed by atoms with E-state index < -0.39 is 18.3 Å². The van der Waals surface area contributed by atoms with Crippen molar-refractivity contribution in [1.82, 2.24) is 25.1 Å². The number of piperazine rings is 1. The van der Waals surface area contributed by atoms with Crippen LogP contribution in [0.3, 0.4) is 0 Å². The number of carbonyl (C=O) groups is 1. The van der Waals surface area contributed by atoms with Gasteiger partial charge >= 0.3 is 6.18 Å². The Morgan fingerprint density at radius 2 is 1.97 bits per heavy atom. The fourth-order valence-corrected chi connectivity index (χ4v) is 4.07. The molecule has 32 heavy (non-hydrogen) atoms. The van der Waals surface area contributed by atoms with Gasteiger partial charge in [-0.25, -0.2) is 4.98 Å². The molecule has 4 heterocycles. The second-order valence-corrected chi connectivity index (χ2v) is 7.54. The number of halogens is 3. The van der Waals surface area contributed by atoms with Crippen LogP contribution in [0, 0.1) is 0 Å². The average Bonchev–Trinajstić information content (AvgIpc) is 3.26. The summed E-state index contributed by atoms with van der Waals surface area (Å²) in [6.07, 6.45) is -1.75. The zero-order chi connectivity index (χ0) is 22.5. The third kappa shape index (κ3) is 3.45. The van der Waals surface area contributed by atoms with Gasteiger partial charge in [0.25, 0.3) is 5.56 Å². The summed E-state index contributed by atoms with van der Waals surface area (Å²) in [7, 11) is 0. The van der Waals surface area contributed by atoms with Crippen LogP contribution >= 0.6 is 0 Å². The van der Waals surface area contributed by atoms with Gasteiger partial charge in [0.15, 0.2) is 0 Å². The molecule has 1 saturated heterocycles. The highest BCUT2D eigenvalue weighted by Crippen LogP contribution is 2.33. The van der Waals surface area contributed by atoms with Gasteiger partial charge in [-0.3, -0.25) is 19.3 Å². The lowest BCUT2D eigenvalue weighted by molar-refractivity contribution is -0.140. The first-order valence-corrected chi connectivity index (χ1v) is 9.85. The molecule has 8 nitrogen and oxygen atoms in total. The fourth-order valence-electron chi connectivity index (χ4n) is 4.07. The lowest BCUT2D eigenvalue weighted by Gasteiger charge is -2.29. The Morgan fingerprint density at radius 1 is 1.12 bits per heavy atom. The molecule has 0 unspecified atom stereocenters. The Balaban J connectivity index is 1.72. The number of nitrogens with zero attached hydrogens (tertiary/aromatic N) is 4. The number of benzene rings is 1. The summed E-state index contributed by atoms with van der Waals surface area (Å²) in [5, 5.41) is 9.85. The minimum absolute atomic E-state index is 0.0934. The van der Waals surface area contributed by atoms with Crippen LogP contribution in [0.1, 0.15) is 0 Å². The zero-order valence-corrected chi connectivity index (χ0v) is 16.6. The summed E-state index contributed by atoms with van der Waals surface area (Å²) in [5.41, 5.74) is 0.984. The van der Waals surface area contributed by atoms with Crippen LogP contribution in [0.2, 0.25) is 0 Å². The lowest BCUT2D eigenvalue weighted by Crippen LogP contribution is -2.48. The number of rotatable bonds is 3. The molecule has 0 spiro atoms. The third-order valence-electron chi connectivity index (χ3n) is 5.45. The number of hydrogen-bond donors (Lipinski definition) is 2. The maximum absolute atomic E-state index is 13.3. The average molecular weight is 442 g/mol. The number of aromatic nitrogens is 4. The van der Waals surface area contributed by atoms with Gasteiger partial charge in [-0.2, -0.15) is 18.3 Å². The first-order valence-electron chi connectivity index (χ1n) is 9.85. The van der Waals surface area contributed by atoms with E-state index in [1.54, 1.807) is 36.5 Å². The molecular formula is C21H17F3N6O2. The smallest absolute Gasteiger partial charge is 0.353 e. The topological polar surface area (TPSA) is 95.9 Å². The quantitative estimate of drug-likeness (QED) is 0.508. The van der Waals surface area contributed by atoms with Crippen molar-refractivity contribution in [2.24, 2.45) is 0 Å². The number of nitrogens with one attached hydrogen (secondary N) is 2. The molecule has 1 aliphatic rings. The lowest BCUT2D eigenvalue weighted by atomic mass is 10.0. The summed E-state index contributed by atoms with van der Waals surface area (Å²) in [4.78, 5) is 30.9. The second kappa shape index (κ2) is 7.36. The number of carbonyl (C=O) groups excluding carboxylic acids is 1. The van der Waals surface area contributed by atoms with E-state index in [0.717, 1.165) is 4.57 Å². The van der Waals surface area contributed by atoms with Crippen LogP contribution in [0.5, 0.6) is 0 Å². The van der Waals surface area contributed by atoms with Crippen LogP contribution in [0.15, 0.2) is 47.5 Å². The molecule has 0 saturated carbocycles. The van der Waals surface area contributed by atoms with Crippen molar-refractivity contribution >= 4 is 33.5 Å². The Morgan fingerprint density at radius 3 is 2.75 bits per heavy atom. The first kappa shape index (κ1) is 20.0. The van der Waals surface area contributed by atoms with Crippen LogP contribution < -0.4 is 15.8 Å². The molecule has 4 aromatic rings. The number of aromatic amines is 1. The third-order valence-corrected chi connectivity index (χ3v) is 5.45. The summed E-state index contributed by atoms with van der Waals surface area (Å²) in [6.45, 7) is -0.267. The normalized spacial score (nSPS) is 14.8. The Hall–Kier alpha value is -3.89. The van der Waals surface area contributed by atoms with Gasteiger partial charge < -0.3 is 10.2 Å². The van der Waals surface area contributed by atoms with E-state index in [-0.39, 0.29) is 23.4 Å². The fraction of sp³-hybridized carbons (Fsp3) is 0.238. The van der Waals surface area contributed by atoms with E-state index in [1.165, 1.54) is 6.20 Å². The van der Waals surface area contributed by atoms with Gasteiger partial charge in [-0.05, 0) is 23.8 Å². The Kier molecular flexibility index (Phi) is 4.61. The molecule has 164 valence electrons. The summed E-state index contributed by atoms with van der Waals surface area (Å²) >= 11 is 0. The number of amides is 1. The molecule has 1 aromatic carbocycles. The van der Waals surface area contributed by atoms with Crippen LogP contribution in [0.25, 0.3) is 32.9 Å². The molecule has 2 N–H and O–H groups in total. The Labute approximate surface area is 178 Å². The highest BCUT2D eigenvalue weighted by atomic mass is 19.4. The van der Waals surface area contributed by atoms with E-state index in [1.807, 2.05) is 4.90 Å². The number of alkyl halides is 3. The maximum atomic E-state index is 13.3. The molecule has 0 aliphatic carbocycles. The number of hydrogen-bond acceptors (Lipinski definition) is 5. The zero-order valence-electron chi connectivity index (χ0n) is 16.6. The molecule has 0 bridgehead atoms. The summed E-state index contributed by atoms with van der Waals surface area (Å²) in [5.74, 6) is 0.418. The van der Waals surface area contributed by atoms with E-state index in [4.69, 9.17) is 0 Å². The minimum atomic E-state index is -4.58. The highest BCUT2D eigenvalue weighted by Gasteiger charge is 2.30.